The molecular weight excluding hydrogens is 226 g/mol. The van der Waals surface area contributed by atoms with Gasteiger partial charge in [0.05, 0.1) is 12.7 Å². The van der Waals surface area contributed by atoms with Crippen molar-refractivity contribution < 1.29 is 2.74 Å². The molecule has 2 aromatic rings. The molecule has 0 aliphatic heterocycles. The number of aromatic nitrogens is 3. The maximum absolute atomic E-state index is 7.26. The Kier molecular flexibility index (Phi) is 1.26. The molecule has 0 aliphatic carbocycles. The first-order valence-corrected chi connectivity index (χ1v) is 4.42. The van der Waals surface area contributed by atoms with Crippen molar-refractivity contribution in [2.75, 3.05) is 0 Å². The van der Waals surface area contributed by atoms with Gasteiger partial charge in [-0.15, -0.1) is 11.3 Å². The molecule has 0 fully saturated rings. The van der Waals surface area contributed by atoms with Crippen LogP contribution >= 0.6 is 27.3 Å². The lowest BCUT2D eigenvalue weighted by Crippen LogP contribution is -1.75. The molecule has 0 amide bonds. The number of aromatic amines is 1. The third kappa shape index (κ3) is 1.34. The van der Waals surface area contributed by atoms with Crippen LogP contribution in [0, 0.1) is 0 Å². The number of nitrogens with one attached hydrogen (secondary N) is 1. The Bertz CT molecular complexity index is 419. The van der Waals surface area contributed by atoms with Crippen LogP contribution in [0.5, 0.6) is 0 Å². The number of H-pyrrole nitrogens is 1. The van der Waals surface area contributed by atoms with Crippen LogP contribution in [-0.2, 0) is 0 Å². The summed E-state index contributed by atoms with van der Waals surface area (Å²) in [6, 6.07) is 0. The molecule has 0 atom stereocenters. The normalized spacial score (nSPS) is 12.8. The van der Waals surface area contributed by atoms with Crippen LogP contribution in [0.3, 0.4) is 0 Å². The molecule has 0 spiro atoms. The van der Waals surface area contributed by atoms with Crippen LogP contribution in [0.2, 0.25) is 0 Å². The van der Waals surface area contributed by atoms with Crippen molar-refractivity contribution in [3.8, 4) is 10.8 Å². The summed E-state index contributed by atoms with van der Waals surface area (Å²) >= 11 is 4.68. The number of nitrogens with zero attached hydrogens (tertiary/aromatic N) is 2. The summed E-state index contributed by atoms with van der Waals surface area (Å²) in [7, 11) is 0. The van der Waals surface area contributed by atoms with E-state index >= 15 is 0 Å². The van der Waals surface area contributed by atoms with Crippen molar-refractivity contribution in [3.63, 3.8) is 0 Å². The molecule has 0 saturated heterocycles. The highest BCUT2D eigenvalue weighted by Crippen LogP contribution is 2.25. The van der Waals surface area contributed by atoms with Crippen molar-refractivity contribution in [2.45, 2.75) is 0 Å². The predicted octanol–water partition coefficient (Wildman–Crippen LogP) is 2.30. The molecule has 56 valence electrons. The van der Waals surface area contributed by atoms with Gasteiger partial charge in [-0.25, -0.2) is 9.97 Å². The Labute approximate surface area is 78.5 Å². The Morgan fingerprint density at radius 2 is 2.55 bits per heavy atom. The van der Waals surface area contributed by atoms with E-state index in [2.05, 4.69) is 30.9 Å². The molecule has 0 radical (unpaired) electrons. The molecular formula is C6H4BrN3S. The molecule has 0 saturated carbocycles. The van der Waals surface area contributed by atoms with E-state index < -0.39 is 0 Å². The van der Waals surface area contributed by atoms with Crippen LogP contribution in [0.25, 0.3) is 10.8 Å². The number of hydrogen-bond acceptors (Lipinski definition) is 3. The standard InChI is InChI=1S/C6H4BrN3S/c7-4-3-10-6(11-4)5-8-1-2-9-5/h1-3H,(H,8,9)/i1D,2D. The molecule has 0 bridgehead atoms. The van der Waals surface area contributed by atoms with Gasteiger partial charge >= 0.3 is 0 Å². The summed E-state index contributed by atoms with van der Waals surface area (Å²) < 4.78 is 15.4. The highest BCUT2D eigenvalue weighted by Gasteiger charge is 2.03. The van der Waals surface area contributed by atoms with Gasteiger partial charge in [-0.3, -0.25) is 0 Å². The van der Waals surface area contributed by atoms with E-state index in [0.717, 1.165) is 3.79 Å². The number of imidazole rings is 1. The fourth-order valence-corrected chi connectivity index (χ4v) is 1.82. The highest BCUT2D eigenvalue weighted by atomic mass is 79.9. The van der Waals surface area contributed by atoms with E-state index in [0.29, 0.717) is 10.8 Å². The molecule has 2 aromatic heterocycles. The maximum atomic E-state index is 7.26. The van der Waals surface area contributed by atoms with Gasteiger partial charge in [0.2, 0.25) is 0 Å². The van der Waals surface area contributed by atoms with Crippen LogP contribution in [-0.4, -0.2) is 15.0 Å². The third-order valence-corrected chi connectivity index (χ3v) is 2.57. The maximum Gasteiger partial charge on any atom is 0.166 e. The highest BCUT2D eigenvalue weighted by molar-refractivity contribution is 9.11. The fourth-order valence-electron chi connectivity index (χ4n) is 0.664. The lowest BCUT2D eigenvalue weighted by Gasteiger charge is -1.83. The minimum absolute atomic E-state index is 0.0151. The summed E-state index contributed by atoms with van der Waals surface area (Å²) in [5, 5.41) is 0.680. The van der Waals surface area contributed by atoms with Crippen molar-refractivity contribution in [1.82, 2.24) is 15.0 Å². The average molecular weight is 232 g/mol. The first-order valence-electron chi connectivity index (χ1n) is 3.81. The minimum Gasteiger partial charge on any atom is -0.343 e. The molecule has 0 unspecified atom stereocenters. The molecule has 5 heteroatoms. The molecule has 11 heavy (non-hydrogen) atoms. The van der Waals surface area contributed by atoms with E-state index in [1.165, 1.54) is 11.3 Å². The summed E-state index contributed by atoms with van der Waals surface area (Å²) in [5.41, 5.74) is 0. The lowest BCUT2D eigenvalue weighted by atomic mass is 10.7. The fraction of sp³-hybridized carbons (Fsp3) is 0. The topological polar surface area (TPSA) is 41.6 Å². The van der Waals surface area contributed by atoms with Gasteiger partial charge in [-0.05, 0) is 15.9 Å². The lowest BCUT2D eigenvalue weighted by molar-refractivity contribution is 1.27. The zero-order chi connectivity index (χ0) is 9.42. The van der Waals surface area contributed by atoms with Gasteiger partial charge in [0, 0.05) is 12.3 Å². The Morgan fingerprint density at radius 3 is 3.09 bits per heavy atom. The summed E-state index contributed by atoms with van der Waals surface area (Å²) in [6.45, 7) is 0. The van der Waals surface area contributed by atoms with Crippen molar-refractivity contribution in [3.05, 3.63) is 22.3 Å². The van der Waals surface area contributed by atoms with Crippen LogP contribution < -0.4 is 0 Å². The second-order valence-corrected chi connectivity index (χ2v) is 4.20. The molecule has 2 heterocycles. The molecule has 2 rings (SSSR count). The molecule has 1 N–H and O–H groups in total. The van der Waals surface area contributed by atoms with E-state index in [1.807, 2.05) is 0 Å². The second-order valence-electron chi connectivity index (χ2n) is 1.79. The van der Waals surface area contributed by atoms with Crippen LogP contribution in [0.4, 0.5) is 0 Å². The zero-order valence-corrected chi connectivity index (χ0v) is 7.66. The molecule has 0 aromatic carbocycles. The third-order valence-electron chi connectivity index (χ3n) is 1.08. The van der Waals surface area contributed by atoms with Gasteiger partial charge in [0.15, 0.2) is 10.8 Å². The van der Waals surface area contributed by atoms with Gasteiger partial charge in [-0.2, -0.15) is 0 Å². The number of thiazole rings is 1. The second kappa shape index (κ2) is 2.75. The van der Waals surface area contributed by atoms with Gasteiger partial charge < -0.3 is 4.98 Å². The quantitative estimate of drug-likeness (QED) is 0.819. The Morgan fingerprint density at radius 1 is 1.64 bits per heavy atom. The van der Waals surface area contributed by atoms with Gasteiger partial charge in [0.25, 0.3) is 0 Å². The minimum atomic E-state index is -0.0543. The number of halogens is 1. The summed E-state index contributed by atoms with van der Waals surface area (Å²) in [4.78, 5) is 10.6. The van der Waals surface area contributed by atoms with Gasteiger partial charge in [-0.1, -0.05) is 0 Å². The van der Waals surface area contributed by atoms with E-state index in [4.69, 9.17) is 2.74 Å². The Hall–Kier alpha value is -0.680. The van der Waals surface area contributed by atoms with Crippen molar-refractivity contribution in [1.29, 1.82) is 0 Å². The first kappa shape index (κ1) is 5.05. The number of rotatable bonds is 1. The van der Waals surface area contributed by atoms with Crippen LogP contribution in [0.15, 0.2) is 22.3 Å². The van der Waals surface area contributed by atoms with E-state index in [1.54, 1.807) is 6.20 Å². The monoisotopic (exact) mass is 231 g/mol. The summed E-state index contributed by atoms with van der Waals surface area (Å²) in [6.07, 6.45) is 1.62. The summed E-state index contributed by atoms with van der Waals surface area (Å²) in [5.74, 6) is 0.478. The molecule has 3 nitrogen and oxygen atoms in total. The predicted molar refractivity (Wildman–Crippen MR) is 47.4 cm³/mol. The first-order chi connectivity index (χ1) is 6.16. The van der Waals surface area contributed by atoms with Crippen LogP contribution in [0.1, 0.15) is 2.74 Å². The van der Waals surface area contributed by atoms with Crippen molar-refractivity contribution in [2.24, 2.45) is 0 Å². The van der Waals surface area contributed by atoms with E-state index in [9.17, 15) is 0 Å². The zero-order valence-electron chi connectivity index (χ0n) is 7.26. The average Bonchev–Trinajstić information content (AvgIpc) is 2.61. The van der Waals surface area contributed by atoms with Crippen molar-refractivity contribution >= 4 is 27.3 Å². The SMILES string of the molecule is [2H]c1nc(-c2ncc(Br)s2)[nH]c1[2H]. The van der Waals surface area contributed by atoms with E-state index in [-0.39, 0.29) is 12.3 Å². The van der Waals surface area contributed by atoms with Gasteiger partial charge in [0.1, 0.15) is 0 Å². The molecule has 0 aliphatic rings. The smallest absolute Gasteiger partial charge is 0.166 e. The number of hydrogen-bond donors (Lipinski definition) is 1. The Balaban J connectivity index is 2.46. The largest absolute Gasteiger partial charge is 0.343 e.